The van der Waals surface area contributed by atoms with Crippen LogP contribution in [-0.2, 0) is 6.42 Å². The molecule has 2 aromatic carbocycles. The molecule has 0 fully saturated rings. The minimum absolute atomic E-state index is 0.0359. The van der Waals surface area contributed by atoms with Gasteiger partial charge in [0.25, 0.3) is 5.56 Å². The number of nitrogens with one attached hydrogen (secondary N) is 2. The highest BCUT2D eigenvalue weighted by Gasteiger charge is 2.15. The fourth-order valence-electron chi connectivity index (χ4n) is 3.80. The van der Waals surface area contributed by atoms with E-state index in [1.807, 2.05) is 56.4 Å². The largest absolute Gasteiger partial charge is 0.494 e. The van der Waals surface area contributed by atoms with Gasteiger partial charge in [0.15, 0.2) is 4.77 Å². The number of aromatic nitrogens is 3. The highest BCUT2D eigenvalue weighted by molar-refractivity contribution is 7.71. The third-order valence-electron chi connectivity index (χ3n) is 5.89. The average Bonchev–Trinajstić information content (AvgIpc) is 3.17. The molecule has 0 amide bonds. The van der Waals surface area contributed by atoms with E-state index in [1.54, 1.807) is 0 Å². The second kappa shape index (κ2) is 8.96. The van der Waals surface area contributed by atoms with Gasteiger partial charge in [0, 0.05) is 23.3 Å². The molecule has 2 aromatic heterocycles. The van der Waals surface area contributed by atoms with Crippen molar-refractivity contribution >= 4 is 29.3 Å². The second-order valence-corrected chi connectivity index (χ2v) is 8.39. The Balaban J connectivity index is 1.69. The number of H-pyrrole nitrogens is 2. The lowest BCUT2D eigenvalue weighted by molar-refractivity contribution is 0.432. The Morgan fingerprint density at radius 1 is 1.19 bits per heavy atom. The van der Waals surface area contributed by atoms with Crippen molar-refractivity contribution in [2.24, 2.45) is 4.99 Å². The molecule has 0 aliphatic rings. The Hall–Kier alpha value is -3.45. The van der Waals surface area contributed by atoms with Crippen LogP contribution < -0.4 is 5.56 Å². The van der Waals surface area contributed by atoms with Crippen molar-refractivity contribution in [1.29, 1.82) is 0 Å². The number of hydrogen-bond acceptors (Lipinski definition) is 4. The summed E-state index contributed by atoms with van der Waals surface area (Å²) in [5, 5.41) is 12.1. The van der Waals surface area contributed by atoms with Gasteiger partial charge in [0.2, 0.25) is 5.88 Å². The van der Waals surface area contributed by atoms with Crippen molar-refractivity contribution in [3.8, 4) is 11.6 Å². The third-order valence-corrected chi connectivity index (χ3v) is 6.17. The standard InChI is InChI=1S/C25H26N4O2S/c1-4-18(12-17-13-27-22-8-6-5-7-20(17)22)26-14-21-23(30)28-25(32)29(24(21)31)19-10-9-15(2)16(3)11-19/h5-11,13-14,18,27,31H,4,12H2,1-3H3,(H,28,30,32). The first-order valence-electron chi connectivity index (χ1n) is 10.6. The molecule has 32 heavy (non-hydrogen) atoms. The number of hydrogen-bond donors (Lipinski definition) is 3. The number of fused-ring (bicyclic) bond motifs is 1. The fourth-order valence-corrected chi connectivity index (χ4v) is 4.08. The van der Waals surface area contributed by atoms with Crippen molar-refractivity contribution in [3.05, 3.63) is 86.0 Å². The number of aromatic hydroxyl groups is 1. The third kappa shape index (κ3) is 4.16. The molecule has 1 unspecified atom stereocenters. The van der Waals surface area contributed by atoms with Crippen LogP contribution in [0.1, 0.15) is 35.6 Å². The number of benzene rings is 2. The lowest BCUT2D eigenvalue weighted by Crippen LogP contribution is -2.19. The van der Waals surface area contributed by atoms with E-state index in [1.165, 1.54) is 21.7 Å². The topological polar surface area (TPSA) is 86.2 Å². The van der Waals surface area contributed by atoms with Crippen LogP contribution in [0.25, 0.3) is 16.6 Å². The molecule has 0 saturated carbocycles. The van der Waals surface area contributed by atoms with Crippen LogP contribution in [0, 0.1) is 18.6 Å². The van der Waals surface area contributed by atoms with Gasteiger partial charge in [0.1, 0.15) is 5.56 Å². The van der Waals surface area contributed by atoms with E-state index in [0.29, 0.717) is 5.69 Å². The maximum Gasteiger partial charge on any atom is 0.264 e. The van der Waals surface area contributed by atoms with Gasteiger partial charge in [-0.05, 0) is 73.8 Å². The summed E-state index contributed by atoms with van der Waals surface area (Å²) in [5.74, 6) is -0.215. The van der Waals surface area contributed by atoms with Gasteiger partial charge in [-0.2, -0.15) is 0 Å². The zero-order chi connectivity index (χ0) is 22.8. The lowest BCUT2D eigenvalue weighted by atomic mass is 10.0. The Labute approximate surface area is 191 Å². The monoisotopic (exact) mass is 446 g/mol. The van der Waals surface area contributed by atoms with Crippen molar-refractivity contribution in [2.45, 2.75) is 39.7 Å². The number of nitrogens with zero attached hydrogens (tertiary/aromatic N) is 2. The smallest absolute Gasteiger partial charge is 0.264 e. The number of aromatic amines is 2. The molecular formula is C25H26N4O2S. The predicted molar refractivity (Wildman–Crippen MR) is 132 cm³/mol. The van der Waals surface area contributed by atoms with Crippen LogP contribution in [0.2, 0.25) is 0 Å². The van der Waals surface area contributed by atoms with E-state index in [4.69, 9.17) is 12.2 Å². The Bertz CT molecular complexity index is 1430. The molecule has 4 rings (SSSR count). The summed E-state index contributed by atoms with van der Waals surface area (Å²) in [6.45, 7) is 6.06. The molecule has 0 radical (unpaired) electrons. The van der Waals surface area contributed by atoms with Crippen LogP contribution in [0.15, 0.2) is 58.4 Å². The quantitative estimate of drug-likeness (QED) is 0.283. The summed E-state index contributed by atoms with van der Waals surface area (Å²) < 4.78 is 1.60. The zero-order valence-electron chi connectivity index (χ0n) is 18.3. The van der Waals surface area contributed by atoms with Gasteiger partial charge in [-0.15, -0.1) is 0 Å². The maximum absolute atomic E-state index is 12.6. The molecule has 0 saturated heterocycles. The van der Waals surface area contributed by atoms with Gasteiger partial charge in [-0.1, -0.05) is 31.2 Å². The summed E-state index contributed by atoms with van der Waals surface area (Å²) in [4.78, 5) is 23.2. The predicted octanol–water partition coefficient (Wildman–Crippen LogP) is 5.14. The molecule has 2 heterocycles. The van der Waals surface area contributed by atoms with Gasteiger partial charge >= 0.3 is 0 Å². The molecule has 1 atom stereocenters. The molecule has 0 bridgehead atoms. The van der Waals surface area contributed by atoms with E-state index < -0.39 is 5.56 Å². The van der Waals surface area contributed by atoms with Crippen LogP contribution >= 0.6 is 12.2 Å². The Kier molecular flexibility index (Phi) is 6.10. The zero-order valence-corrected chi connectivity index (χ0v) is 19.2. The van der Waals surface area contributed by atoms with Crippen LogP contribution in [0.3, 0.4) is 0 Å². The molecule has 7 heteroatoms. The molecule has 164 valence electrons. The van der Waals surface area contributed by atoms with Crippen LogP contribution in [0.4, 0.5) is 0 Å². The Morgan fingerprint density at radius 3 is 2.72 bits per heavy atom. The van der Waals surface area contributed by atoms with Crippen molar-refractivity contribution in [1.82, 2.24) is 14.5 Å². The lowest BCUT2D eigenvalue weighted by Gasteiger charge is -2.13. The maximum atomic E-state index is 12.6. The summed E-state index contributed by atoms with van der Waals surface area (Å²) in [6, 6.07) is 13.9. The van der Waals surface area contributed by atoms with Gasteiger partial charge in [-0.25, -0.2) is 0 Å². The van der Waals surface area contributed by atoms with Crippen molar-refractivity contribution < 1.29 is 5.11 Å². The summed E-state index contributed by atoms with van der Waals surface area (Å²) in [6.07, 6.45) is 4.99. The minimum atomic E-state index is -0.460. The van der Waals surface area contributed by atoms with E-state index >= 15 is 0 Å². The molecule has 6 nitrogen and oxygen atoms in total. The van der Waals surface area contributed by atoms with E-state index in [0.717, 1.165) is 29.5 Å². The first kappa shape index (κ1) is 21.8. The van der Waals surface area contributed by atoms with Gasteiger partial charge in [0.05, 0.1) is 11.7 Å². The summed E-state index contributed by atoms with van der Waals surface area (Å²) in [5.41, 5.74) is 4.78. The molecule has 4 aromatic rings. The van der Waals surface area contributed by atoms with Crippen molar-refractivity contribution in [3.63, 3.8) is 0 Å². The number of para-hydroxylation sites is 1. The molecular weight excluding hydrogens is 420 g/mol. The van der Waals surface area contributed by atoms with Crippen LogP contribution in [0.5, 0.6) is 5.88 Å². The summed E-state index contributed by atoms with van der Waals surface area (Å²) in [7, 11) is 0. The van der Waals surface area contributed by atoms with E-state index in [9.17, 15) is 9.90 Å². The average molecular weight is 447 g/mol. The van der Waals surface area contributed by atoms with E-state index in [-0.39, 0.29) is 22.3 Å². The number of aryl methyl sites for hydroxylation is 2. The summed E-state index contributed by atoms with van der Waals surface area (Å²) >= 11 is 5.32. The van der Waals surface area contributed by atoms with Crippen LogP contribution in [-0.4, -0.2) is 31.9 Å². The normalized spacial score (nSPS) is 12.6. The number of rotatable bonds is 6. The first-order valence-corrected chi connectivity index (χ1v) is 11.0. The second-order valence-electron chi connectivity index (χ2n) is 8.00. The molecule has 3 N–H and O–H groups in total. The fraction of sp³-hybridized carbons (Fsp3) is 0.240. The van der Waals surface area contributed by atoms with Crippen molar-refractivity contribution in [2.75, 3.05) is 0 Å². The van der Waals surface area contributed by atoms with Gasteiger partial charge in [-0.3, -0.25) is 19.3 Å². The molecule has 0 spiro atoms. The van der Waals surface area contributed by atoms with Gasteiger partial charge < -0.3 is 10.1 Å². The Morgan fingerprint density at radius 2 is 1.97 bits per heavy atom. The SMILES string of the molecule is CCC(Cc1c[nH]c2ccccc12)N=Cc1c(O)n(-c2ccc(C)c(C)c2)c(=S)[nH]c1=O. The highest BCUT2D eigenvalue weighted by atomic mass is 32.1. The van der Waals surface area contributed by atoms with E-state index in [2.05, 4.69) is 28.0 Å². The minimum Gasteiger partial charge on any atom is -0.494 e. The number of aliphatic imine (C=N–C) groups is 1. The molecule has 0 aliphatic carbocycles. The molecule has 0 aliphatic heterocycles. The highest BCUT2D eigenvalue weighted by Crippen LogP contribution is 2.23. The first-order chi connectivity index (χ1) is 15.4.